The molecule has 1 fully saturated rings. The number of rotatable bonds is 9. The first-order chi connectivity index (χ1) is 14.6. The number of ether oxygens (including phenoxy) is 2. The number of aldehydes is 2. The Labute approximate surface area is 175 Å². The summed E-state index contributed by atoms with van der Waals surface area (Å²) in [5, 5.41) is 9.75. The number of phenols is 1. The van der Waals surface area contributed by atoms with E-state index in [1.165, 1.54) is 6.07 Å². The molecule has 0 unspecified atom stereocenters. The van der Waals surface area contributed by atoms with Crippen molar-refractivity contribution in [3.63, 3.8) is 0 Å². The summed E-state index contributed by atoms with van der Waals surface area (Å²) < 4.78 is 11.2. The minimum Gasteiger partial charge on any atom is -0.507 e. The van der Waals surface area contributed by atoms with Gasteiger partial charge in [0.15, 0.2) is 12.6 Å². The third-order valence-electron chi connectivity index (χ3n) is 5.22. The highest BCUT2D eigenvalue weighted by molar-refractivity contribution is 6.03. The van der Waals surface area contributed by atoms with Crippen molar-refractivity contribution >= 4 is 18.5 Å². The number of likely N-dealkylation sites (tertiary alicyclic amines) is 1. The Kier molecular flexibility index (Phi) is 7.06. The van der Waals surface area contributed by atoms with Crippen molar-refractivity contribution in [2.75, 3.05) is 19.8 Å². The number of amides is 1. The standard InChI is InChI=1S/C23H25NO6/c1-2-29-21-9-3-7-17(18(21)14-25)23(28)24-12-5-6-16(24)11-13-30-22-10-4-8-20(27)19(22)15-26/h3-4,7-10,14-16,27H,2,5-6,11-13H2,1H3/t16-/m0/s1. The summed E-state index contributed by atoms with van der Waals surface area (Å²) in [5.74, 6) is 0.388. The number of phenolic OH excluding ortho intramolecular Hbond substituents is 1. The van der Waals surface area contributed by atoms with Crippen LogP contribution in [0.15, 0.2) is 36.4 Å². The molecule has 2 aromatic rings. The van der Waals surface area contributed by atoms with E-state index in [1.54, 1.807) is 35.2 Å². The van der Waals surface area contributed by atoms with Crippen molar-refractivity contribution < 1.29 is 29.0 Å². The molecule has 1 aliphatic rings. The van der Waals surface area contributed by atoms with Gasteiger partial charge in [0.05, 0.1) is 29.9 Å². The zero-order valence-electron chi connectivity index (χ0n) is 16.9. The average Bonchev–Trinajstić information content (AvgIpc) is 3.22. The van der Waals surface area contributed by atoms with Crippen LogP contribution in [0.2, 0.25) is 0 Å². The Hall–Kier alpha value is -3.35. The molecule has 1 atom stereocenters. The maximum atomic E-state index is 13.2. The van der Waals surface area contributed by atoms with Gasteiger partial charge in [0.1, 0.15) is 17.2 Å². The number of hydrogen-bond donors (Lipinski definition) is 1. The molecule has 7 nitrogen and oxygen atoms in total. The fraction of sp³-hybridized carbons (Fsp3) is 0.348. The predicted molar refractivity (Wildman–Crippen MR) is 111 cm³/mol. The second-order valence-electron chi connectivity index (χ2n) is 7.01. The fourth-order valence-corrected chi connectivity index (χ4v) is 3.77. The highest BCUT2D eigenvalue weighted by atomic mass is 16.5. The molecule has 158 valence electrons. The lowest BCUT2D eigenvalue weighted by Gasteiger charge is -2.26. The topological polar surface area (TPSA) is 93.1 Å². The van der Waals surface area contributed by atoms with Crippen LogP contribution in [0.3, 0.4) is 0 Å². The molecule has 3 rings (SSSR count). The van der Waals surface area contributed by atoms with Crippen LogP contribution in [0.25, 0.3) is 0 Å². The van der Waals surface area contributed by atoms with Crippen molar-refractivity contribution in [3.8, 4) is 17.2 Å². The van der Waals surface area contributed by atoms with Crippen LogP contribution in [0, 0.1) is 0 Å². The molecule has 0 saturated carbocycles. The fourth-order valence-electron chi connectivity index (χ4n) is 3.77. The summed E-state index contributed by atoms with van der Waals surface area (Å²) >= 11 is 0. The van der Waals surface area contributed by atoms with Gasteiger partial charge in [-0.3, -0.25) is 14.4 Å². The molecule has 1 heterocycles. The van der Waals surface area contributed by atoms with Crippen molar-refractivity contribution in [1.29, 1.82) is 0 Å². The molecule has 1 aliphatic heterocycles. The summed E-state index contributed by atoms with van der Waals surface area (Å²) in [6, 6.07) is 9.65. The van der Waals surface area contributed by atoms with Crippen molar-refractivity contribution in [3.05, 3.63) is 53.1 Å². The zero-order valence-corrected chi connectivity index (χ0v) is 16.9. The van der Waals surface area contributed by atoms with Crippen LogP contribution in [-0.2, 0) is 0 Å². The smallest absolute Gasteiger partial charge is 0.254 e. The second kappa shape index (κ2) is 9.91. The molecule has 1 saturated heterocycles. The molecule has 0 bridgehead atoms. The predicted octanol–water partition coefficient (Wildman–Crippen LogP) is 3.49. The van der Waals surface area contributed by atoms with Gasteiger partial charge in [-0.15, -0.1) is 0 Å². The average molecular weight is 411 g/mol. The highest BCUT2D eigenvalue weighted by Gasteiger charge is 2.31. The zero-order chi connectivity index (χ0) is 21.5. The molecular weight excluding hydrogens is 386 g/mol. The van der Waals surface area contributed by atoms with Crippen molar-refractivity contribution in [2.45, 2.75) is 32.2 Å². The maximum absolute atomic E-state index is 13.2. The van der Waals surface area contributed by atoms with Gasteiger partial charge in [0.2, 0.25) is 0 Å². The first-order valence-electron chi connectivity index (χ1n) is 10.0. The number of benzene rings is 2. The van der Waals surface area contributed by atoms with Crippen LogP contribution in [0.4, 0.5) is 0 Å². The van der Waals surface area contributed by atoms with Gasteiger partial charge < -0.3 is 19.5 Å². The van der Waals surface area contributed by atoms with Gasteiger partial charge in [0, 0.05) is 19.0 Å². The SMILES string of the molecule is CCOc1cccc(C(=O)N2CCC[C@H]2CCOc2cccc(O)c2C=O)c1C=O. The maximum Gasteiger partial charge on any atom is 0.254 e. The Bertz CT molecular complexity index is 926. The Morgan fingerprint density at radius 2 is 1.80 bits per heavy atom. The normalized spacial score (nSPS) is 15.6. The number of nitrogens with zero attached hydrogens (tertiary/aromatic N) is 1. The number of carbonyl (C=O) groups excluding carboxylic acids is 3. The van der Waals surface area contributed by atoms with Gasteiger partial charge >= 0.3 is 0 Å². The molecule has 0 aromatic heterocycles. The number of hydrogen-bond acceptors (Lipinski definition) is 6. The number of aromatic hydroxyl groups is 1. The largest absolute Gasteiger partial charge is 0.507 e. The molecule has 7 heteroatoms. The molecule has 0 spiro atoms. The Morgan fingerprint density at radius 1 is 1.10 bits per heavy atom. The monoisotopic (exact) mass is 411 g/mol. The Morgan fingerprint density at radius 3 is 2.50 bits per heavy atom. The molecule has 1 N–H and O–H groups in total. The molecule has 2 aromatic carbocycles. The van der Waals surface area contributed by atoms with Crippen molar-refractivity contribution in [2.24, 2.45) is 0 Å². The van der Waals surface area contributed by atoms with E-state index >= 15 is 0 Å². The van der Waals surface area contributed by atoms with E-state index < -0.39 is 0 Å². The lowest BCUT2D eigenvalue weighted by Crippen LogP contribution is -2.37. The van der Waals surface area contributed by atoms with E-state index in [0.29, 0.717) is 49.2 Å². The number of carbonyl (C=O) groups is 3. The summed E-state index contributed by atoms with van der Waals surface area (Å²) in [7, 11) is 0. The van der Waals surface area contributed by atoms with Gasteiger partial charge in [-0.1, -0.05) is 12.1 Å². The minimum absolute atomic E-state index is 0.0373. The van der Waals surface area contributed by atoms with E-state index in [4.69, 9.17) is 9.47 Å². The van der Waals surface area contributed by atoms with Crippen LogP contribution in [0.1, 0.15) is 57.3 Å². The first kappa shape index (κ1) is 21.4. The van der Waals surface area contributed by atoms with E-state index in [2.05, 4.69) is 0 Å². The lowest BCUT2D eigenvalue weighted by molar-refractivity contribution is 0.0716. The van der Waals surface area contributed by atoms with E-state index in [9.17, 15) is 19.5 Å². The second-order valence-corrected chi connectivity index (χ2v) is 7.01. The first-order valence-corrected chi connectivity index (χ1v) is 10.0. The van der Waals surface area contributed by atoms with Crippen molar-refractivity contribution in [1.82, 2.24) is 4.90 Å². The minimum atomic E-state index is -0.202. The molecule has 1 amide bonds. The molecular formula is C23H25NO6. The van der Waals surface area contributed by atoms with Gasteiger partial charge in [0.25, 0.3) is 5.91 Å². The van der Waals surface area contributed by atoms with E-state index in [0.717, 1.165) is 12.8 Å². The molecule has 0 aliphatic carbocycles. The van der Waals surface area contributed by atoms with Gasteiger partial charge in [-0.05, 0) is 44.0 Å². The van der Waals surface area contributed by atoms with E-state index in [1.807, 2.05) is 6.92 Å². The van der Waals surface area contributed by atoms with Crippen LogP contribution < -0.4 is 9.47 Å². The summed E-state index contributed by atoms with van der Waals surface area (Å²) in [6.07, 6.45) is 3.49. The highest BCUT2D eigenvalue weighted by Crippen LogP contribution is 2.29. The van der Waals surface area contributed by atoms with Crippen LogP contribution >= 0.6 is 0 Å². The quantitative estimate of drug-likeness (QED) is 0.635. The third kappa shape index (κ3) is 4.45. The third-order valence-corrected chi connectivity index (χ3v) is 5.22. The Balaban J connectivity index is 1.70. The summed E-state index contributed by atoms with van der Waals surface area (Å²) in [5.41, 5.74) is 0.710. The van der Waals surface area contributed by atoms with E-state index in [-0.39, 0.29) is 35.4 Å². The van der Waals surface area contributed by atoms with Crippen LogP contribution in [-0.4, -0.2) is 54.3 Å². The summed E-state index contributed by atoms with van der Waals surface area (Å²) in [4.78, 5) is 37.7. The van der Waals surface area contributed by atoms with Gasteiger partial charge in [-0.25, -0.2) is 0 Å². The summed E-state index contributed by atoms with van der Waals surface area (Å²) in [6.45, 7) is 3.12. The molecule has 30 heavy (non-hydrogen) atoms. The molecule has 0 radical (unpaired) electrons. The van der Waals surface area contributed by atoms with Crippen LogP contribution in [0.5, 0.6) is 17.2 Å². The lowest BCUT2D eigenvalue weighted by atomic mass is 10.0. The van der Waals surface area contributed by atoms with Gasteiger partial charge in [-0.2, -0.15) is 0 Å².